The summed E-state index contributed by atoms with van der Waals surface area (Å²) in [6.45, 7) is 7.34. The lowest BCUT2D eigenvalue weighted by molar-refractivity contribution is -0.113. The van der Waals surface area contributed by atoms with Crippen LogP contribution in [0.4, 0.5) is 16.2 Å². The zero-order valence-corrected chi connectivity index (χ0v) is 20.0. The second-order valence-corrected chi connectivity index (χ2v) is 9.14. The Balaban J connectivity index is 1.63. The molecule has 0 saturated heterocycles. The van der Waals surface area contributed by atoms with Gasteiger partial charge in [0, 0.05) is 11.4 Å². The SMILES string of the molecule is COc1ccc(NC(=O)CSc2nncn2-c2ccc(C)cc2)cc1NC(=O)OC(C)(C)C. The van der Waals surface area contributed by atoms with E-state index in [1.807, 2.05) is 35.8 Å². The second kappa shape index (κ2) is 10.4. The maximum Gasteiger partial charge on any atom is 0.412 e. The monoisotopic (exact) mass is 469 g/mol. The summed E-state index contributed by atoms with van der Waals surface area (Å²) >= 11 is 1.27. The lowest BCUT2D eigenvalue weighted by Gasteiger charge is -2.20. The summed E-state index contributed by atoms with van der Waals surface area (Å²) < 4.78 is 12.4. The van der Waals surface area contributed by atoms with Crippen LogP contribution in [0.5, 0.6) is 5.75 Å². The van der Waals surface area contributed by atoms with Gasteiger partial charge in [-0.15, -0.1) is 10.2 Å². The van der Waals surface area contributed by atoms with E-state index in [2.05, 4.69) is 20.8 Å². The predicted octanol–water partition coefficient (Wildman–Crippen LogP) is 4.66. The summed E-state index contributed by atoms with van der Waals surface area (Å²) in [5, 5.41) is 14.1. The second-order valence-electron chi connectivity index (χ2n) is 8.20. The van der Waals surface area contributed by atoms with E-state index in [0.29, 0.717) is 22.3 Å². The van der Waals surface area contributed by atoms with E-state index in [4.69, 9.17) is 9.47 Å². The third-order valence-electron chi connectivity index (χ3n) is 4.28. The van der Waals surface area contributed by atoms with Crippen LogP contribution >= 0.6 is 11.8 Å². The molecule has 0 radical (unpaired) electrons. The number of methoxy groups -OCH3 is 1. The third kappa shape index (κ3) is 6.98. The van der Waals surface area contributed by atoms with Crippen molar-refractivity contribution in [1.82, 2.24) is 14.8 Å². The van der Waals surface area contributed by atoms with Crippen LogP contribution in [-0.4, -0.2) is 45.2 Å². The van der Waals surface area contributed by atoms with Gasteiger partial charge in [-0.05, 0) is 58.0 Å². The molecule has 0 atom stereocenters. The number of carbonyl (C=O) groups excluding carboxylic acids is 2. The van der Waals surface area contributed by atoms with Crippen molar-refractivity contribution in [2.45, 2.75) is 38.5 Å². The van der Waals surface area contributed by atoms with Gasteiger partial charge in [-0.2, -0.15) is 0 Å². The molecule has 0 spiro atoms. The number of amides is 2. The number of aromatic nitrogens is 3. The first-order valence-corrected chi connectivity index (χ1v) is 11.2. The van der Waals surface area contributed by atoms with Crippen LogP contribution < -0.4 is 15.4 Å². The molecule has 2 amide bonds. The number of ether oxygens (including phenoxy) is 2. The number of rotatable bonds is 7. The van der Waals surface area contributed by atoms with Crippen LogP contribution in [-0.2, 0) is 9.53 Å². The number of aryl methyl sites for hydroxylation is 1. The van der Waals surface area contributed by atoms with E-state index in [0.717, 1.165) is 11.3 Å². The van der Waals surface area contributed by atoms with Gasteiger partial charge >= 0.3 is 6.09 Å². The van der Waals surface area contributed by atoms with Crippen LogP contribution in [0.25, 0.3) is 5.69 Å². The molecule has 0 aliphatic carbocycles. The van der Waals surface area contributed by atoms with Gasteiger partial charge in [-0.25, -0.2) is 4.79 Å². The number of hydrogen-bond acceptors (Lipinski definition) is 7. The molecular formula is C23H27N5O4S. The zero-order valence-electron chi connectivity index (χ0n) is 19.2. The highest BCUT2D eigenvalue weighted by molar-refractivity contribution is 7.99. The Bertz CT molecular complexity index is 1120. The Hall–Kier alpha value is -3.53. The average Bonchev–Trinajstić information content (AvgIpc) is 3.20. The standard InChI is InChI=1S/C23H27N5O4S/c1-15-6-9-17(10-7-15)28-14-24-27-21(28)33-13-20(29)25-16-8-11-19(31-5)18(12-16)26-22(30)32-23(2,3)4/h6-12,14H,13H2,1-5H3,(H,25,29)(H,26,30). The molecule has 0 aliphatic heterocycles. The summed E-state index contributed by atoms with van der Waals surface area (Å²) in [6.07, 6.45) is 0.999. The quantitative estimate of drug-likeness (QED) is 0.485. The molecule has 10 heteroatoms. The lowest BCUT2D eigenvalue weighted by atomic mass is 10.2. The van der Waals surface area contributed by atoms with E-state index < -0.39 is 11.7 Å². The number of thioether (sulfide) groups is 1. The lowest BCUT2D eigenvalue weighted by Crippen LogP contribution is -2.27. The Morgan fingerprint density at radius 1 is 1.09 bits per heavy atom. The molecule has 9 nitrogen and oxygen atoms in total. The fourth-order valence-electron chi connectivity index (χ4n) is 2.83. The molecule has 0 bridgehead atoms. The van der Waals surface area contributed by atoms with Gasteiger partial charge in [0.25, 0.3) is 0 Å². The highest BCUT2D eigenvalue weighted by Crippen LogP contribution is 2.29. The molecule has 1 aromatic heterocycles. The number of nitrogens with zero attached hydrogens (tertiary/aromatic N) is 3. The molecule has 3 rings (SSSR count). The van der Waals surface area contributed by atoms with Gasteiger partial charge in [0.1, 0.15) is 17.7 Å². The Morgan fingerprint density at radius 3 is 2.48 bits per heavy atom. The third-order valence-corrected chi connectivity index (χ3v) is 5.22. The van der Waals surface area contributed by atoms with Crippen molar-refractivity contribution < 1.29 is 19.1 Å². The first-order chi connectivity index (χ1) is 15.6. The summed E-state index contributed by atoms with van der Waals surface area (Å²) in [5.41, 5.74) is 2.32. The van der Waals surface area contributed by atoms with Crippen LogP contribution in [0.3, 0.4) is 0 Å². The first kappa shape index (κ1) is 24.1. The van der Waals surface area contributed by atoms with Crippen LogP contribution in [0.2, 0.25) is 0 Å². The molecule has 174 valence electrons. The average molecular weight is 470 g/mol. The summed E-state index contributed by atoms with van der Waals surface area (Å²) in [6, 6.07) is 12.9. The van der Waals surface area contributed by atoms with E-state index in [9.17, 15) is 9.59 Å². The molecule has 3 aromatic rings. The van der Waals surface area contributed by atoms with E-state index in [1.54, 1.807) is 45.3 Å². The van der Waals surface area contributed by atoms with Crippen molar-refractivity contribution in [3.63, 3.8) is 0 Å². The molecule has 0 aliphatic rings. The Kier molecular flexibility index (Phi) is 7.59. The smallest absolute Gasteiger partial charge is 0.412 e. The van der Waals surface area contributed by atoms with Crippen molar-refractivity contribution >= 4 is 35.1 Å². The summed E-state index contributed by atoms with van der Waals surface area (Å²) in [5.74, 6) is 0.345. The van der Waals surface area contributed by atoms with Gasteiger partial charge in [0.15, 0.2) is 5.16 Å². The minimum atomic E-state index is -0.639. The number of nitrogens with one attached hydrogen (secondary N) is 2. The number of hydrogen-bond donors (Lipinski definition) is 2. The number of carbonyl (C=O) groups is 2. The van der Waals surface area contributed by atoms with Crippen LogP contribution in [0, 0.1) is 6.92 Å². The first-order valence-electron chi connectivity index (χ1n) is 10.2. The van der Waals surface area contributed by atoms with Gasteiger partial charge in [-0.3, -0.25) is 14.7 Å². The molecule has 2 N–H and O–H groups in total. The zero-order chi connectivity index (χ0) is 24.0. The van der Waals surface area contributed by atoms with Crippen molar-refractivity contribution in [2.75, 3.05) is 23.5 Å². The van der Waals surface area contributed by atoms with Crippen molar-refractivity contribution in [3.8, 4) is 11.4 Å². The molecule has 0 saturated carbocycles. The molecule has 2 aromatic carbocycles. The number of benzene rings is 2. The van der Waals surface area contributed by atoms with E-state index in [1.165, 1.54) is 18.9 Å². The maximum absolute atomic E-state index is 12.5. The Morgan fingerprint density at radius 2 is 1.82 bits per heavy atom. The van der Waals surface area contributed by atoms with Crippen LogP contribution in [0.15, 0.2) is 53.9 Å². The highest BCUT2D eigenvalue weighted by Gasteiger charge is 2.18. The van der Waals surface area contributed by atoms with E-state index >= 15 is 0 Å². The van der Waals surface area contributed by atoms with Gasteiger partial charge < -0.3 is 14.8 Å². The van der Waals surface area contributed by atoms with Crippen molar-refractivity contribution in [1.29, 1.82) is 0 Å². The largest absolute Gasteiger partial charge is 0.495 e. The van der Waals surface area contributed by atoms with Gasteiger partial charge in [0.2, 0.25) is 5.91 Å². The van der Waals surface area contributed by atoms with Gasteiger partial charge in [0.05, 0.1) is 18.6 Å². The Labute approximate surface area is 196 Å². The number of anilines is 2. The fraction of sp³-hybridized carbons (Fsp3) is 0.304. The topological polar surface area (TPSA) is 107 Å². The fourth-order valence-corrected chi connectivity index (χ4v) is 3.56. The van der Waals surface area contributed by atoms with E-state index in [-0.39, 0.29) is 11.7 Å². The minimum Gasteiger partial charge on any atom is -0.495 e. The molecule has 0 fully saturated rings. The molecule has 0 unspecified atom stereocenters. The normalized spacial score (nSPS) is 11.1. The molecular weight excluding hydrogens is 442 g/mol. The van der Waals surface area contributed by atoms with Crippen molar-refractivity contribution in [3.05, 3.63) is 54.4 Å². The van der Waals surface area contributed by atoms with Crippen LogP contribution in [0.1, 0.15) is 26.3 Å². The summed E-state index contributed by atoms with van der Waals surface area (Å²) in [4.78, 5) is 24.7. The minimum absolute atomic E-state index is 0.130. The van der Waals surface area contributed by atoms with Crippen molar-refractivity contribution in [2.24, 2.45) is 0 Å². The molecule has 1 heterocycles. The molecule has 33 heavy (non-hydrogen) atoms. The summed E-state index contributed by atoms with van der Waals surface area (Å²) in [7, 11) is 1.49. The highest BCUT2D eigenvalue weighted by atomic mass is 32.2. The van der Waals surface area contributed by atoms with Gasteiger partial charge in [-0.1, -0.05) is 29.5 Å². The maximum atomic E-state index is 12.5. The predicted molar refractivity (Wildman–Crippen MR) is 128 cm³/mol.